The summed E-state index contributed by atoms with van der Waals surface area (Å²) in [4.78, 5) is 0. The number of alkyl halides is 1. The smallest absolute Gasteiger partial charge is 0.161 e. The van der Waals surface area contributed by atoms with E-state index in [0.717, 1.165) is 16.7 Å². The molecule has 0 radical (unpaired) electrons. The van der Waals surface area contributed by atoms with Crippen molar-refractivity contribution >= 4 is 23.2 Å². The van der Waals surface area contributed by atoms with Gasteiger partial charge in [0.05, 0.1) is 19.6 Å². The molecule has 1 atom stereocenters. The number of hydrogen-bond donors (Lipinski definition) is 0. The molecule has 0 aliphatic carbocycles. The summed E-state index contributed by atoms with van der Waals surface area (Å²) in [7, 11) is 3.21. The van der Waals surface area contributed by atoms with Crippen LogP contribution in [0.25, 0.3) is 0 Å². The molecule has 20 heavy (non-hydrogen) atoms. The molecule has 4 heteroatoms. The quantitative estimate of drug-likeness (QED) is 0.740. The van der Waals surface area contributed by atoms with E-state index in [0.29, 0.717) is 16.5 Å². The van der Waals surface area contributed by atoms with Crippen LogP contribution in [0.2, 0.25) is 5.02 Å². The highest BCUT2D eigenvalue weighted by Crippen LogP contribution is 2.37. The Kier molecular flexibility index (Phi) is 4.79. The molecule has 0 aliphatic heterocycles. The summed E-state index contributed by atoms with van der Waals surface area (Å²) in [5, 5.41) is 0.433. The van der Waals surface area contributed by atoms with Crippen molar-refractivity contribution in [2.75, 3.05) is 14.2 Å². The second-order valence-corrected chi connectivity index (χ2v) is 5.27. The molecule has 1 unspecified atom stereocenters. The highest BCUT2D eigenvalue weighted by Gasteiger charge is 2.16. The summed E-state index contributed by atoms with van der Waals surface area (Å²) < 4.78 is 10.5. The zero-order valence-corrected chi connectivity index (χ0v) is 13.1. The zero-order valence-electron chi connectivity index (χ0n) is 11.6. The number of ether oxygens (including phenoxy) is 2. The summed E-state index contributed by atoms with van der Waals surface area (Å²) >= 11 is 12.7. The summed E-state index contributed by atoms with van der Waals surface area (Å²) in [5.74, 6) is 1.35. The van der Waals surface area contributed by atoms with Crippen molar-refractivity contribution < 1.29 is 9.47 Å². The molecule has 0 aromatic heterocycles. The van der Waals surface area contributed by atoms with Gasteiger partial charge in [-0.1, -0.05) is 29.8 Å². The van der Waals surface area contributed by atoms with E-state index in [9.17, 15) is 0 Å². The Labute approximate surface area is 129 Å². The second kappa shape index (κ2) is 6.38. The number of halogens is 2. The molecule has 106 valence electrons. The Morgan fingerprint density at radius 3 is 2.35 bits per heavy atom. The van der Waals surface area contributed by atoms with Crippen molar-refractivity contribution in [3.05, 3.63) is 58.1 Å². The van der Waals surface area contributed by atoms with Crippen molar-refractivity contribution in [1.82, 2.24) is 0 Å². The van der Waals surface area contributed by atoms with Gasteiger partial charge in [-0.25, -0.2) is 0 Å². The van der Waals surface area contributed by atoms with E-state index in [2.05, 4.69) is 0 Å². The lowest BCUT2D eigenvalue weighted by Gasteiger charge is -2.16. The Morgan fingerprint density at radius 2 is 1.70 bits per heavy atom. The summed E-state index contributed by atoms with van der Waals surface area (Å²) in [6.07, 6.45) is 0. The summed E-state index contributed by atoms with van der Waals surface area (Å²) in [6.45, 7) is 1.97. The standard InChI is InChI=1S/C16H16Cl2O2/c1-10-12(5-4-6-13(10)17)16(18)11-7-8-14(19-2)15(9-11)20-3/h4-9,16H,1-3H3. The van der Waals surface area contributed by atoms with Crippen molar-refractivity contribution in [2.24, 2.45) is 0 Å². The lowest BCUT2D eigenvalue weighted by atomic mass is 9.99. The molecular weight excluding hydrogens is 295 g/mol. The second-order valence-electron chi connectivity index (χ2n) is 4.43. The monoisotopic (exact) mass is 310 g/mol. The summed E-state index contributed by atoms with van der Waals surface area (Å²) in [5.41, 5.74) is 2.92. The minimum Gasteiger partial charge on any atom is -0.493 e. The van der Waals surface area contributed by atoms with Crippen LogP contribution in [0.3, 0.4) is 0 Å². The number of benzene rings is 2. The van der Waals surface area contributed by atoms with Crippen molar-refractivity contribution in [1.29, 1.82) is 0 Å². The van der Waals surface area contributed by atoms with Gasteiger partial charge in [0.1, 0.15) is 0 Å². The van der Waals surface area contributed by atoms with Gasteiger partial charge in [0.2, 0.25) is 0 Å². The Hall–Kier alpha value is -1.38. The zero-order chi connectivity index (χ0) is 14.7. The van der Waals surface area contributed by atoms with E-state index >= 15 is 0 Å². The maximum Gasteiger partial charge on any atom is 0.161 e. The number of rotatable bonds is 4. The van der Waals surface area contributed by atoms with Crippen LogP contribution >= 0.6 is 23.2 Å². The van der Waals surface area contributed by atoms with Crippen LogP contribution in [0.5, 0.6) is 11.5 Å². The molecule has 0 spiro atoms. The topological polar surface area (TPSA) is 18.5 Å². The van der Waals surface area contributed by atoms with Gasteiger partial charge in [-0.3, -0.25) is 0 Å². The minimum atomic E-state index is -0.284. The first-order chi connectivity index (χ1) is 9.58. The average molecular weight is 311 g/mol. The third-order valence-electron chi connectivity index (χ3n) is 3.28. The highest BCUT2D eigenvalue weighted by molar-refractivity contribution is 6.31. The molecule has 0 fully saturated rings. The fraction of sp³-hybridized carbons (Fsp3) is 0.250. The van der Waals surface area contributed by atoms with Crippen LogP contribution in [0.4, 0.5) is 0 Å². The van der Waals surface area contributed by atoms with Gasteiger partial charge < -0.3 is 9.47 Å². The Morgan fingerprint density at radius 1 is 1.00 bits per heavy atom. The van der Waals surface area contributed by atoms with Crippen molar-refractivity contribution in [2.45, 2.75) is 12.3 Å². The van der Waals surface area contributed by atoms with Crippen molar-refractivity contribution in [3.8, 4) is 11.5 Å². The van der Waals surface area contributed by atoms with Crippen LogP contribution in [0.15, 0.2) is 36.4 Å². The molecule has 2 rings (SSSR count). The molecule has 0 aliphatic rings. The largest absolute Gasteiger partial charge is 0.493 e. The van der Waals surface area contributed by atoms with Gasteiger partial charge in [-0.15, -0.1) is 11.6 Å². The van der Waals surface area contributed by atoms with Gasteiger partial charge in [0.15, 0.2) is 11.5 Å². The van der Waals surface area contributed by atoms with E-state index in [1.807, 2.05) is 43.3 Å². The normalized spacial score (nSPS) is 12.1. The molecule has 0 amide bonds. The predicted octanol–water partition coefficient (Wildman–Crippen LogP) is 4.99. The van der Waals surface area contributed by atoms with E-state index in [1.54, 1.807) is 14.2 Å². The van der Waals surface area contributed by atoms with Gasteiger partial charge in [0, 0.05) is 5.02 Å². The van der Waals surface area contributed by atoms with E-state index in [-0.39, 0.29) is 5.38 Å². The molecule has 0 bridgehead atoms. The highest BCUT2D eigenvalue weighted by atomic mass is 35.5. The van der Waals surface area contributed by atoms with Gasteiger partial charge >= 0.3 is 0 Å². The van der Waals surface area contributed by atoms with E-state index < -0.39 is 0 Å². The van der Waals surface area contributed by atoms with Crippen LogP contribution < -0.4 is 9.47 Å². The number of hydrogen-bond acceptors (Lipinski definition) is 2. The lowest BCUT2D eigenvalue weighted by Crippen LogP contribution is -1.98. The SMILES string of the molecule is COc1ccc(C(Cl)c2cccc(Cl)c2C)cc1OC. The van der Waals surface area contributed by atoms with Crippen LogP contribution in [-0.4, -0.2) is 14.2 Å². The van der Waals surface area contributed by atoms with E-state index in [1.165, 1.54) is 0 Å². The first-order valence-corrected chi connectivity index (χ1v) is 7.01. The molecule has 2 nitrogen and oxygen atoms in total. The third-order valence-corrected chi connectivity index (χ3v) is 4.18. The molecule has 2 aromatic carbocycles. The summed E-state index contributed by atoms with van der Waals surface area (Å²) in [6, 6.07) is 11.4. The van der Waals surface area contributed by atoms with Crippen LogP contribution in [0, 0.1) is 6.92 Å². The molecule has 0 saturated heterocycles. The average Bonchev–Trinajstić information content (AvgIpc) is 2.48. The van der Waals surface area contributed by atoms with Crippen LogP contribution in [-0.2, 0) is 0 Å². The molecule has 0 N–H and O–H groups in total. The first-order valence-electron chi connectivity index (χ1n) is 6.19. The van der Waals surface area contributed by atoms with Crippen LogP contribution in [0.1, 0.15) is 22.1 Å². The van der Waals surface area contributed by atoms with E-state index in [4.69, 9.17) is 32.7 Å². The Balaban J connectivity index is 2.43. The molecule has 0 saturated carbocycles. The maximum atomic E-state index is 6.58. The molecular formula is C16H16Cl2O2. The fourth-order valence-corrected chi connectivity index (χ4v) is 2.64. The minimum absolute atomic E-state index is 0.284. The predicted molar refractivity (Wildman–Crippen MR) is 83.4 cm³/mol. The maximum absolute atomic E-state index is 6.58. The Bertz CT molecular complexity index is 611. The molecule has 0 heterocycles. The third kappa shape index (κ3) is 2.87. The number of methoxy groups -OCH3 is 2. The lowest BCUT2D eigenvalue weighted by molar-refractivity contribution is 0.354. The van der Waals surface area contributed by atoms with Crippen molar-refractivity contribution in [3.63, 3.8) is 0 Å². The first kappa shape index (κ1) is 15.0. The van der Waals surface area contributed by atoms with Gasteiger partial charge in [-0.2, -0.15) is 0 Å². The van der Waals surface area contributed by atoms with Gasteiger partial charge in [-0.05, 0) is 41.8 Å². The molecule has 2 aromatic rings. The van der Waals surface area contributed by atoms with Gasteiger partial charge in [0.25, 0.3) is 0 Å². The fourth-order valence-electron chi connectivity index (χ4n) is 2.09.